The van der Waals surface area contributed by atoms with Crippen molar-refractivity contribution < 1.29 is 39.3 Å². The molecule has 13 heteroatoms. The van der Waals surface area contributed by atoms with Gasteiger partial charge in [-0.3, -0.25) is 14.4 Å². The van der Waals surface area contributed by atoms with E-state index in [9.17, 15) is 34.2 Å². The first-order valence-electron chi connectivity index (χ1n) is 14.8. The van der Waals surface area contributed by atoms with Gasteiger partial charge in [0.15, 0.2) is 6.10 Å². The van der Waals surface area contributed by atoms with E-state index in [1.165, 1.54) is 12.1 Å². The second-order valence-corrected chi connectivity index (χ2v) is 12.8. The monoisotopic (exact) mass is 622 g/mol. The van der Waals surface area contributed by atoms with Gasteiger partial charge < -0.3 is 36.6 Å². The molecule has 3 fully saturated rings. The van der Waals surface area contributed by atoms with Crippen LogP contribution in [0, 0.1) is 11.8 Å². The fourth-order valence-corrected chi connectivity index (χ4v) is 5.89. The zero-order valence-electron chi connectivity index (χ0n) is 24.6. The maximum atomic E-state index is 13.1. The number of carboxylic acids is 1. The minimum absolute atomic E-state index is 0.0324. The van der Waals surface area contributed by atoms with Gasteiger partial charge in [-0.2, -0.15) is 0 Å². The molecule has 0 aromatic heterocycles. The summed E-state index contributed by atoms with van der Waals surface area (Å²) in [6, 6.07) is 4.17. The molecule has 0 bridgehead atoms. The molecule has 7 N–H and O–H groups in total. The highest BCUT2D eigenvalue weighted by Gasteiger charge is 2.42. The molecule has 3 aliphatic rings. The number of hydrogen-bond acceptors (Lipinski definition) is 6. The number of hydrogen-bond donors (Lipinski definition) is 7. The Balaban J connectivity index is 0.000000428. The Bertz CT molecular complexity index is 1170. The van der Waals surface area contributed by atoms with Gasteiger partial charge in [0.05, 0.1) is 11.6 Å². The highest BCUT2D eigenvalue weighted by atomic mass is 35.5. The summed E-state index contributed by atoms with van der Waals surface area (Å²) in [5.74, 6) is -2.54. The summed E-state index contributed by atoms with van der Waals surface area (Å²) in [6.07, 6.45) is 4.96. The van der Waals surface area contributed by atoms with E-state index in [-0.39, 0.29) is 29.9 Å². The van der Waals surface area contributed by atoms with Gasteiger partial charge in [0.25, 0.3) is 5.91 Å². The lowest BCUT2D eigenvalue weighted by Gasteiger charge is -2.30. The number of aliphatic hydroxyl groups excluding tert-OH is 1. The third kappa shape index (κ3) is 11.3. The molecule has 4 unspecified atom stereocenters. The van der Waals surface area contributed by atoms with Crippen molar-refractivity contribution in [2.45, 2.75) is 108 Å². The molecule has 4 amide bonds. The molecule has 0 radical (unpaired) electrons. The largest absolute Gasteiger partial charge is 0.478 e. The van der Waals surface area contributed by atoms with Crippen molar-refractivity contribution in [1.82, 2.24) is 21.3 Å². The quantitative estimate of drug-likeness (QED) is 0.195. The van der Waals surface area contributed by atoms with Crippen molar-refractivity contribution in [2.75, 3.05) is 0 Å². The Morgan fingerprint density at radius 3 is 2.19 bits per heavy atom. The van der Waals surface area contributed by atoms with Gasteiger partial charge in [0, 0.05) is 22.5 Å². The van der Waals surface area contributed by atoms with Crippen LogP contribution in [-0.2, 0) is 14.4 Å². The van der Waals surface area contributed by atoms with Gasteiger partial charge >= 0.3 is 12.1 Å². The Kier molecular flexibility index (Phi) is 12.2. The SMILES string of the molecule is CC1(C)CC(CC(NC(=O)C(CC2CCCCC2)NC(=O)O)C(O)C(=O)NC2CC2)C(=O)N1.O=C(O)c1cccc(Cl)c1. The van der Waals surface area contributed by atoms with Crippen LogP contribution in [0.3, 0.4) is 0 Å². The van der Waals surface area contributed by atoms with Crippen molar-refractivity contribution in [3.63, 3.8) is 0 Å². The lowest BCUT2D eigenvalue weighted by molar-refractivity contribution is -0.134. The molecule has 1 aromatic rings. The number of carbonyl (C=O) groups is 5. The number of amides is 4. The number of benzene rings is 1. The molecule has 1 heterocycles. The average molecular weight is 623 g/mol. The number of rotatable bonds is 11. The maximum Gasteiger partial charge on any atom is 0.405 e. The fourth-order valence-electron chi connectivity index (χ4n) is 5.70. The van der Waals surface area contributed by atoms with Gasteiger partial charge in [0.2, 0.25) is 11.8 Å². The van der Waals surface area contributed by atoms with Gasteiger partial charge in [-0.05, 0) is 70.1 Å². The van der Waals surface area contributed by atoms with Crippen molar-refractivity contribution in [3.8, 4) is 0 Å². The van der Waals surface area contributed by atoms with Gasteiger partial charge in [0.1, 0.15) is 6.04 Å². The second kappa shape index (κ2) is 15.4. The molecule has 43 heavy (non-hydrogen) atoms. The summed E-state index contributed by atoms with van der Waals surface area (Å²) in [4.78, 5) is 59.7. The highest BCUT2D eigenvalue weighted by Crippen LogP contribution is 2.30. The number of halogens is 1. The molecule has 2 saturated carbocycles. The molecule has 12 nitrogen and oxygen atoms in total. The van der Waals surface area contributed by atoms with Crippen LogP contribution in [-0.4, -0.2) is 74.9 Å². The van der Waals surface area contributed by atoms with E-state index in [0.717, 1.165) is 44.9 Å². The fraction of sp³-hybridized carbons (Fsp3) is 0.633. The standard InChI is InChI=1S/C23H38N4O6.C7H5ClO2/c1-23(2)12-14(19(29)27-23)11-16(18(28)21(31)24-15-8-9-15)25-20(30)17(26-22(32)33)10-13-6-4-3-5-7-13;8-6-3-1-2-5(4-6)7(9)10/h13-18,26,28H,3-12H2,1-2H3,(H,24,31)(H,25,30)(H,27,29)(H,32,33);1-4H,(H,9,10). The van der Waals surface area contributed by atoms with Crippen molar-refractivity contribution in [2.24, 2.45) is 11.8 Å². The zero-order chi connectivity index (χ0) is 31.7. The van der Waals surface area contributed by atoms with Crippen LogP contribution in [0.2, 0.25) is 5.02 Å². The van der Waals surface area contributed by atoms with E-state index in [1.54, 1.807) is 12.1 Å². The molecule has 4 atom stereocenters. The molecule has 1 aliphatic heterocycles. The molecular formula is C30H43ClN4O8. The summed E-state index contributed by atoms with van der Waals surface area (Å²) >= 11 is 5.53. The van der Waals surface area contributed by atoms with Crippen LogP contribution in [0.4, 0.5) is 4.79 Å². The highest BCUT2D eigenvalue weighted by molar-refractivity contribution is 6.30. The third-order valence-electron chi connectivity index (χ3n) is 8.01. The third-order valence-corrected chi connectivity index (χ3v) is 8.24. The van der Waals surface area contributed by atoms with Crippen LogP contribution in [0.5, 0.6) is 0 Å². The molecular weight excluding hydrogens is 580 g/mol. The lowest BCUT2D eigenvalue weighted by atomic mass is 9.84. The van der Waals surface area contributed by atoms with E-state index >= 15 is 0 Å². The number of carbonyl (C=O) groups excluding carboxylic acids is 3. The number of aromatic carboxylic acids is 1. The summed E-state index contributed by atoms with van der Waals surface area (Å²) in [5, 5.41) is 39.6. The molecule has 2 aliphatic carbocycles. The van der Waals surface area contributed by atoms with Crippen LogP contribution in [0.25, 0.3) is 0 Å². The van der Waals surface area contributed by atoms with E-state index in [0.29, 0.717) is 17.9 Å². The van der Waals surface area contributed by atoms with Crippen LogP contribution in [0.15, 0.2) is 24.3 Å². The Hall–Kier alpha value is -3.38. The Morgan fingerprint density at radius 1 is 1.00 bits per heavy atom. The number of nitrogens with one attached hydrogen (secondary N) is 4. The smallest absolute Gasteiger partial charge is 0.405 e. The van der Waals surface area contributed by atoms with Gasteiger partial charge in [-0.1, -0.05) is 49.8 Å². The van der Waals surface area contributed by atoms with E-state index in [2.05, 4.69) is 21.3 Å². The second-order valence-electron chi connectivity index (χ2n) is 12.4. The van der Waals surface area contributed by atoms with E-state index in [1.807, 2.05) is 13.8 Å². The number of aliphatic hydroxyl groups is 1. The summed E-state index contributed by atoms with van der Waals surface area (Å²) in [7, 11) is 0. The van der Waals surface area contributed by atoms with Crippen molar-refractivity contribution >= 4 is 41.4 Å². The lowest BCUT2D eigenvalue weighted by Crippen LogP contribution is -2.56. The molecule has 1 saturated heterocycles. The maximum absolute atomic E-state index is 13.1. The summed E-state index contributed by atoms with van der Waals surface area (Å²) < 4.78 is 0. The molecule has 238 valence electrons. The molecule has 4 rings (SSSR count). The summed E-state index contributed by atoms with van der Waals surface area (Å²) in [5.41, 5.74) is -0.196. The zero-order valence-corrected chi connectivity index (χ0v) is 25.4. The first-order chi connectivity index (χ1) is 20.2. The van der Waals surface area contributed by atoms with Gasteiger partial charge in [-0.25, -0.2) is 9.59 Å². The van der Waals surface area contributed by atoms with Crippen molar-refractivity contribution in [1.29, 1.82) is 0 Å². The van der Waals surface area contributed by atoms with Crippen LogP contribution < -0.4 is 21.3 Å². The van der Waals surface area contributed by atoms with Gasteiger partial charge in [-0.15, -0.1) is 0 Å². The number of carboxylic acid groups (broad SMARTS) is 2. The normalized spacial score (nSPS) is 21.7. The minimum atomic E-state index is -1.54. The predicted octanol–water partition coefficient (Wildman–Crippen LogP) is 3.06. The molecule has 0 spiro atoms. The summed E-state index contributed by atoms with van der Waals surface area (Å²) in [6.45, 7) is 3.79. The minimum Gasteiger partial charge on any atom is -0.478 e. The first-order valence-corrected chi connectivity index (χ1v) is 15.2. The van der Waals surface area contributed by atoms with Crippen LogP contribution in [0.1, 0.15) is 88.4 Å². The van der Waals surface area contributed by atoms with E-state index < -0.39 is 53.5 Å². The predicted molar refractivity (Wildman–Crippen MR) is 159 cm³/mol. The first kappa shape index (κ1) is 34.1. The Morgan fingerprint density at radius 2 is 1.67 bits per heavy atom. The molecule has 1 aromatic carbocycles. The Labute approximate surface area is 256 Å². The van der Waals surface area contributed by atoms with Crippen LogP contribution >= 0.6 is 11.6 Å². The topological polar surface area (TPSA) is 194 Å². The van der Waals surface area contributed by atoms with E-state index in [4.69, 9.17) is 16.7 Å². The van der Waals surface area contributed by atoms with Crippen molar-refractivity contribution in [3.05, 3.63) is 34.9 Å². The average Bonchev–Trinajstić information content (AvgIpc) is 3.71.